The van der Waals surface area contributed by atoms with Crippen molar-refractivity contribution in [1.29, 1.82) is 0 Å². The van der Waals surface area contributed by atoms with Crippen LogP contribution in [0.2, 0.25) is 0 Å². The molecule has 0 bridgehead atoms. The van der Waals surface area contributed by atoms with Gasteiger partial charge in [-0.05, 0) is 50.2 Å². The van der Waals surface area contributed by atoms with E-state index in [1.807, 2.05) is 6.92 Å². The molecule has 94 valence electrons. The smallest absolute Gasteiger partial charge is 0.167 e. The van der Waals surface area contributed by atoms with Crippen molar-refractivity contribution in [2.24, 2.45) is 5.92 Å². The van der Waals surface area contributed by atoms with Gasteiger partial charge in [0.15, 0.2) is 11.6 Å². The Morgan fingerprint density at radius 2 is 1.88 bits per heavy atom. The van der Waals surface area contributed by atoms with Crippen LogP contribution in [0.15, 0.2) is 12.1 Å². The summed E-state index contributed by atoms with van der Waals surface area (Å²) in [5.74, 6) is 0.760. The summed E-state index contributed by atoms with van der Waals surface area (Å²) in [7, 11) is 0. The summed E-state index contributed by atoms with van der Waals surface area (Å²) in [6.45, 7) is 4.12. The van der Waals surface area contributed by atoms with Crippen LogP contribution in [-0.2, 0) is 0 Å². The van der Waals surface area contributed by atoms with Gasteiger partial charge in [0.1, 0.15) is 0 Å². The molecular weight excluding hydrogens is 217 g/mol. The maximum atomic E-state index is 13.7. The van der Waals surface area contributed by atoms with Crippen molar-refractivity contribution in [2.45, 2.75) is 45.6 Å². The molecule has 2 rings (SSSR count). The van der Waals surface area contributed by atoms with E-state index >= 15 is 0 Å². The Hall–Kier alpha value is -1.25. The molecule has 0 aromatic heterocycles. The summed E-state index contributed by atoms with van der Waals surface area (Å²) in [6, 6.07) is 3.04. The summed E-state index contributed by atoms with van der Waals surface area (Å²) in [6.07, 6.45) is 4.53. The van der Waals surface area contributed by atoms with Crippen molar-refractivity contribution in [3.8, 4) is 5.75 Å². The summed E-state index contributed by atoms with van der Waals surface area (Å²) < 4.78 is 19.4. The lowest BCUT2D eigenvalue weighted by molar-refractivity contribution is 0.130. The summed E-state index contributed by atoms with van der Waals surface area (Å²) in [5, 5.41) is 0. The first-order valence-electron chi connectivity index (χ1n) is 6.28. The number of nitrogens with two attached hydrogens (primary N) is 1. The van der Waals surface area contributed by atoms with E-state index in [1.54, 1.807) is 6.07 Å². The number of benzene rings is 1. The average molecular weight is 237 g/mol. The van der Waals surface area contributed by atoms with Crippen LogP contribution in [0.5, 0.6) is 5.75 Å². The third-order valence-corrected chi connectivity index (χ3v) is 3.58. The second-order valence-electron chi connectivity index (χ2n) is 5.14. The van der Waals surface area contributed by atoms with Gasteiger partial charge in [0.25, 0.3) is 0 Å². The average Bonchev–Trinajstić information content (AvgIpc) is 2.29. The standard InChI is InChI=1S/C14H20FNO/c1-9-3-5-11(6-4-9)17-14-7-10(2)13(16)8-12(14)15/h7-9,11H,3-6,16H2,1-2H3. The van der Waals surface area contributed by atoms with Crippen LogP contribution < -0.4 is 10.5 Å². The van der Waals surface area contributed by atoms with E-state index < -0.39 is 0 Å². The molecule has 1 aromatic carbocycles. The van der Waals surface area contributed by atoms with Gasteiger partial charge in [0.2, 0.25) is 0 Å². The zero-order valence-corrected chi connectivity index (χ0v) is 10.5. The molecule has 0 atom stereocenters. The van der Waals surface area contributed by atoms with Crippen LogP contribution in [0, 0.1) is 18.7 Å². The highest BCUT2D eigenvalue weighted by molar-refractivity contribution is 5.50. The van der Waals surface area contributed by atoms with E-state index in [0.717, 1.165) is 24.3 Å². The van der Waals surface area contributed by atoms with Crippen LogP contribution in [0.3, 0.4) is 0 Å². The van der Waals surface area contributed by atoms with Gasteiger partial charge in [0.05, 0.1) is 6.10 Å². The molecule has 0 spiro atoms. The monoisotopic (exact) mass is 237 g/mol. The van der Waals surface area contributed by atoms with Gasteiger partial charge in [-0.15, -0.1) is 0 Å². The van der Waals surface area contributed by atoms with E-state index in [4.69, 9.17) is 10.5 Å². The lowest BCUT2D eigenvalue weighted by atomic mass is 9.89. The van der Waals surface area contributed by atoms with Crippen molar-refractivity contribution in [2.75, 3.05) is 5.73 Å². The highest BCUT2D eigenvalue weighted by Crippen LogP contribution is 2.30. The lowest BCUT2D eigenvalue weighted by Gasteiger charge is -2.27. The van der Waals surface area contributed by atoms with Crippen LogP contribution in [-0.4, -0.2) is 6.10 Å². The quantitative estimate of drug-likeness (QED) is 0.796. The van der Waals surface area contributed by atoms with Crippen molar-refractivity contribution in [3.63, 3.8) is 0 Å². The van der Waals surface area contributed by atoms with Crippen molar-refractivity contribution >= 4 is 5.69 Å². The van der Waals surface area contributed by atoms with E-state index in [1.165, 1.54) is 18.9 Å². The first-order chi connectivity index (χ1) is 8.06. The Balaban J connectivity index is 2.06. The Labute approximate surface area is 102 Å². The minimum absolute atomic E-state index is 0.156. The maximum Gasteiger partial charge on any atom is 0.167 e. The fourth-order valence-corrected chi connectivity index (χ4v) is 2.29. The molecular formula is C14H20FNO. The fourth-order valence-electron chi connectivity index (χ4n) is 2.29. The molecule has 0 amide bonds. The molecule has 1 aliphatic rings. The molecule has 1 fully saturated rings. The van der Waals surface area contributed by atoms with Gasteiger partial charge >= 0.3 is 0 Å². The summed E-state index contributed by atoms with van der Waals surface area (Å²) >= 11 is 0. The molecule has 2 N–H and O–H groups in total. The zero-order chi connectivity index (χ0) is 12.4. The lowest BCUT2D eigenvalue weighted by Crippen LogP contribution is -2.23. The highest BCUT2D eigenvalue weighted by atomic mass is 19.1. The van der Waals surface area contributed by atoms with Crippen LogP contribution in [0.25, 0.3) is 0 Å². The molecule has 1 aliphatic carbocycles. The number of anilines is 1. The molecule has 0 heterocycles. The topological polar surface area (TPSA) is 35.2 Å². The van der Waals surface area contributed by atoms with Gasteiger partial charge in [-0.1, -0.05) is 6.92 Å². The van der Waals surface area contributed by atoms with Crippen LogP contribution >= 0.6 is 0 Å². The number of aryl methyl sites for hydroxylation is 1. The van der Waals surface area contributed by atoms with Crippen molar-refractivity contribution in [1.82, 2.24) is 0 Å². The summed E-state index contributed by atoms with van der Waals surface area (Å²) in [5.41, 5.74) is 6.99. The Kier molecular flexibility index (Phi) is 3.55. The molecule has 0 radical (unpaired) electrons. The predicted octanol–water partition coefficient (Wildman–Crippen LogP) is 3.67. The van der Waals surface area contributed by atoms with Gasteiger partial charge in [-0.2, -0.15) is 0 Å². The first kappa shape index (κ1) is 12.2. The van der Waals surface area contributed by atoms with Gasteiger partial charge in [0, 0.05) is 11.8 Å². The minimum Gasteiger partial charge on any atom is -0.487 e. The van der Waals surface area contributed by atoms with E-state index in [9.17, 15) is 4.39 Å². The largest absolute Gasteiger partial charge is 0.487 e. The third-order valence-electron chi connectivity index (χ3n) is 3.58. The first-order valence-corrected chi connectivity index (χ1v) is 6.28. The van der Waals surface area contributed by atoms with Crippen molar-refractivity contribution < 1.29 is 9.13 Å². The number of rotatable bonds is 2. The van der Waals surface area contributed by atoms with E-state index in [-0.39, 0.29) is 11.9 Å². The minimum atomic E-state index is -0.355. The maximum absolute atomic E-state index is 13.7. The van der Waals surface area contributed by atoms with Crippen molar-refractivity contribution in [3.05, 3.63) is 23.5 Å². The molecule has 1 saturated carbocycles. The number of ether oxygens (including phenoxy) is 1. The Morgan fingerprint density at radius 3 is 2.53 bits per heavy atom. The number of nitrogen functional groups attached to an aromatic ring is 1. The molecule has 1 aromatic rings. The number of halogens is 1. The number of hydrogen-bond acceptors (Lipinski definition) is 2. The Bertz CT molecular complexity index is 397. The van der Waals surface area contributed by atoms with Gasteiger partial charge in [-0.25, -0.2) is 4.39 Å². The SMILES string of the molecule is Cc1cc(OC2CCC(C)CC2)c(F)cc1N. The van der Waals surface area contributed by atoms with Gasteiger partial charge < -0.3 is 10.5 Å². The second kappa shape index (κ2) is 4.94. The molecule has 0 unspecified atom stereocenters. The molecule has 2 nitrogen and oxygen atoms in total. The molecule has 3 heteroatoms. The second-order valence-corrected chi connectivity index (χ2v) is 5.14. The van der Waals surface area contributed by atoms with Gasteiger partial charge in [-0.3, -0.25) is 0 Å². The normalized spacial score (nSPS) is 24.6. The van der Waals surface area contributed by atoms with Crippen LogP contribution in [0.1, 0.15) is 38.2 Å². The number of hydrogen-bond donors (Lipinski definition) is 1. The highest BCUT2D eigenvalue weighted by Gasteiger charge is 2.20. The Morgan fingerprint density at radius 1 is 1.24 bits per heavy atom. The predicted molar refractivity (Wildman–Crippen MR) is 67.6 cm³/mol. The van der Waals surface area contributed by atoms with Crippen LogP contribution in [0.4, 0.5) is 10.1 Å². The summed E-state index contributed by atoms with van der Waals surface area (Å²) in [4.78, 5) is 0. The fraction of sp³-hybridized carbons (Fsp3) is 0.571. The van der Waals surface area contributed by atoms with E-state index in [0.29, 0.717) is 11.4 Å². The van der Waals surface area contributed by atoms with E-state index in [2.05, 4.69) is 6.92 Å². The zero-order valence-electron chi connectivity index (χ0n) is 10.5. The molecule has 0 saturated heterocycles. The molecule has 0 aliphatic heterocycles. The molecule has 17 heavy (non-hydrogen) atoms. The third kappa shape index (κ3) is 2.90.